The summed E-state index contributed by atoms with van der Waals surface area (Å²) in [5, 5.41) is 0.803. The minimum atomic E-state index is 0.715. The predicted molar refractivity (Wildman–Crippen MR) is 50.5 cm³/mol. The lowest BCUT2D eigenvalue weighted by molar-refractivity contribution is 0.929. The van der Waals surface area contributed by atoms with E-state index in [1.54, 1.807) is 0 Å². The Morgan fingerprint density at radius 2 is 2.09 bits per heavy atom. The van der Waals surface area contributed by atoms with Crippen LogP contribution in [0.1, 0.15) is 12.0 Å². The third kappa shape index (κ3) is 3.13. The van der Waals surface area contributed by atoms with Crippen molar-refractivity contribution in [3.63, 3.8) is 0 Å². The molecule has 0 bridgehead atoms. The van der Waals surface area contributed by atoms with Crippen molar-refractivity contribution in [2.24, 2.45) is 0 Å². The van der Waals surface area contributed by atoms with E-state index in [-0.39, 0.29) is 0 Å². The summed E-state index contributed by atoms with van der Waals surface area (Å²) in [6, 6.07) is 7.89. The van der Waals surface area contributed by atoms with Crippen molar-refractivity contribution < 1.29 is 0 Å². The SMILES string of the molecule is ClCCCc1cccc(Cl)c1. The lowest BCUT2D eigenvalue weighted by atomic mass is 10.1. The van der Waals surface area contributed by atoms with Gasteiger partial charge >= 0.3 is 0 Å². The van der Waals surface area contributed by atoms with Gasteiger partial charge in [-0.25, -0.2) is 0 Å². The van der Waals surface area contributed by atoms with Gasteiger partial charge in [-0.1, -0.05) is 23.7 Å². The molecule has 0 saturated heterocycles. The molecule has 0 aliphatic rings. The van der Waals surface area contributed by atoms with Crippen LogP contribution < -0.4 is 0 Å². The molecule has 0 fully saturated rings. The van der Waals surface area contributed by atoms with Gasteiger partial charge in [0.1, 0.15) is 0 Å². The molecule has 0 aromatic heterocycles. The number of hydrogen-bond acceptors (Lipinski definition) is 0. The molecule has 0 aliphatic heterocycles. The van der Waals surface area contributed by atoms with Crippen LogP contribution in [0.25, 0.3) is 0 Å². The van der Waals surface area contributed by atoms with Crippen LogP contribution >= 0.6 is 23.2 Å². The van der Waals surface area contributed by atoms with Gasteiger partial charge in [-0.05, 0) is 30.5 Å². The van der Waals surface area contributed by atoms with E-state index >= 15 is 0 Å². The Bertz CT molecular complexity index is 221. The Morgan fingerprint density at radius 1 is 1.27 bits per heavy atom. The van der Waals surface area contributed by atoms with E-state index in [0.717, 1.165) is 17.9 Å². The highest BCUT2D eigenvalue weighted by Crippen LogP contribution is 2.12. The summed E-state index contributed by atoms with van der Waals surface area (Å²) >= 11 is 11.3. The third-order valence-electron chi connectivity index (χ3n) is 1.49. The zero-order valence-electron chi connectivity index (χ0n) is 6.19. The maximum Gasteiger partial charge on any atom is 0.0408 e. The monoisotopic (exact) mass is 188 g/mol. The van der Waals surface area contributed by atoms with Gasteiger partial charge in [0.05, 0.1) is 0 Å². The largest absolute Gasteiger partial charge is 0.127 e. The number of hydrogen-bond donors (Lipinski definition) is 0. The van der Waals surface area contributed by atoms with E-state index in [1.165, 1.54) is 5.56 Å². The van der Waals surface area contributed by atoms with E-state index in [2.05, 4.69) is 6.07 Å². The molecule has 0 spiro atoms. The number of halogens is 2. The standard InChI is InChI=1S/C9H10Cl2/c10-6-2-4-8-3-1-5-9(11)7-8/h1,3,5,7H,2,4,6H2. The van der Waals surface area contributed by atoms with Crippen LogP contribution in [0.4, 0.5) is 0 Å². The van der Waals surface area contributed by atoms with Gasteiger partial charge in [0, 0.05) is 10.9 Å². The average molecular weight is 189 g/mol. The minimum Gasteiger partial charge on any atom is -0.127 e. The highest BCUT2D eigenvalue weighted by Gasteiger charge is 1.92. The first-order valence-electron chi connectivity index (χ1n) is 3.63. The average Bonchev–Trinajstić information content (AvgIpc) is 2.01. The lowest BCUT2D eigenvalue weighted by Crippen LogP contribution is -1.84. The molecule has 0 unspecified atom stereocenters. The summed E-state index contributed by atoms with van der Waals surface area (Å²) < 4.78 is 0. The van der Waals surface area contributed by atoms with Crippen molar-refractivity contribution in [3.8, 4) is 0 Å². The summed E-state index contributed by atoms with van der Waals surface area (Å²) in [6.07, 6.45) is 2.03. The number of alkyl halides is 1. The van der Waals surface area contributed by atoms with Crippen LogP contribution in [0.15, 0.2) is 24.3 Å². The van der Waals surface area contributed by atoms with Crippen LogP contribution in [-0.4, -0.2) is 5.88 Å². The molecule has 0 aliphatic carbocycles. The highest BCUT2D eigenvalue weighted by atomic mass is 35.5. The van der Waals surface area contributed by atoms with Crippen molar-refractivity contribution in [2.45, 2.75) is 12.8 Å². The number of aryl methyl sites for hydroxylation is 1. The molecule has 0 atom stereocenters. The molecule has 1 aromatic carbocycles. The first kappa shape index (κ1) is 8.89. The molecular formula is C9H10Cl2. The Labute approximate surface area is 77.1 Å². The van der Waals surface area contributed by atoms with Crippen LogP contribution in [0, 0.1) is 0 Å². The zero-order chi connectivity index (χ0) is 8.10. The minimum absolute atomic E-state index is 0.715. The molecule has 0 heterocycles. The number of rotatable bonds is 3. The molecular weight excluding hydrogens is 179 g/mol. The summed E-state index contributed by atoms with van der Waals surface area (Å²) in [5.74, 6) is 0.715. The van der Waals surface area contributed by atoms with Crippen molar-refractivity contribution in [2.75, 3.05) is 5.88 Å². The highest BCUT2D eigenvalue weighted by molar-refractivity contribution is 6.30. The molecule has 0 saturated carbocycles. The molecule has 0 nitrogen and oxygen atoms in total. The number of benzene rings is 1. The molecule has 2 heteroatoms. The molecule has 0 N–H and O–H groups in total. The Kier molecular flexibility index (Phi) is 3.74. The second-order valence-corrected chi connectivity index (χ2v) is 3.24. The van der Waals surface area contributed by atoms with Gasteiger partial charge in [-0.2, -0.15) is 0 Å². The van der Waals surface area contributed by atoms with E-state index in [1.807, 2.05) is 18.2 Å². The smallest absolute Gasteiger partial charge is 0.0408 e. The topological polar surface area (TPSA) is 0 Å². The van der Waals surface area contributed by atoms with E-state index < -0.39 is 0 Å². The zero-order valence-corrected chi connectivity index (χ0v) is 7.70. The summed E-state index contributed by atoms with van der Waals surface area (Å²) in [6.45, 7) is 0. The maximum atomic E-state index is 5.79. The van der Waals surface area contributed by atoms with Gasteiger partial charge in [-0.3, -0.25) is 0 Å². The van der Waals surface area contributed by atoms with Crippen LogP contribution in [0.2, 0.25) is 5.02 Å². The van der Waals surface area contributed by atoms with Crippen molar-refractivity contribution >= 4 is 23.2 Å². The summed E-state index contributed by atoms with van der Waals surface area (Å²) in [7, 11) is 0. The quantitative estimate of drug-likeness (QED) is 0.638. The normalized spacial score (nSPS) is 10.0. The molecule has 11 heavy (non-hydrogen) atoms. The van der Waals surface area contributed by atoms with Gasteiger partial charge in [0.2, 0.25) is 0 Å². The molecule has 1 rings (SSSR count). The fourth-order valence-corrected chi connectivity index (χ4v) is 1.31. The lowest BCUT2D eigenvalue weighted by Gasteiger charge is -1.98. The summed E-state index contributed by atoms with van der Waals surface area (Å²) in [5.41, 5.74) is 1.26. The van der Waals surface area contributed by atoms with Gasteiger partial charge in [0.25, 0.3) is 0 Å². The van der Waals surface area contributed by atoms with Gasteiger partial charge in [0.15, 0.2) is 0 Å². The molecule has 0 amide bonds. The van der Waals surface area contributed by atoms with Crippen LogP contribution in [0.5, 0.6) is 0 Å². The fraction of sp³-hybridized carbons (Fsp3) is 0.333. The van der Waals surface area contributed by atoms with Gasteiger partial charge in [-0.15, -0.1) is 11.6 Å². The second-order valence-electron chi connectivity index (χ2n) is 2.42. The van der Waals surface area contributed by atoms with Crippen LogP contribution in [-0.2, 0) is 6.42 Å². The Hall–Kier alpha value is -0.200. The summed E-state index contributed by atoms with van der Waals surface area (Å²) in [4.78, 5) is 0. The second kappa shape index (κ2) is 4.63. The first-order chi connectivity index (χ1) is 5.33. The van der Waals surface area contributed by atoms with Crippen molar-refractivity contribution in [1.29, 1.82) is 0 Å². The first-order valence-corrected chi connectivity index (χ1v) is 4.54. The van der Waals surface area contributed by atoms with E-state index in [9.17, 15) is 0 Å². The Balaban J connectivity index is 2.56. The third-order valence-corrected chi connectivity index (χ3v) is 1.99. The fourth-order valence-electron chi connectivity index (χ4n) is 0.963. The van der Waals surface area contributed by atoms with E-state index in [0.29, 0.717) is 5.88 Å². The van der Waals surface area contributed by atoms with Crippen molar-refractivity contribution in [1.82, 2.24) is 0 Å². The molecule has 60 valence electrons. The van der Waals surface area contributed by atoms with Crippen molar-refractivity contribution in [3.05, 3.63) is 34.9 Å². The predicted octanol–water partition coefficient (Wildman–Crippen LogP) is 3.51. The van der Waals surface area contributed by atoms with E-state index in [4.69, 9.17) is 23.2 Å². The Morgan fingerprint density at radius 3 is 2.73 bits per heavy atom. The molecule has 1 aromatic rings. The van der Waals surface area contributed by atoms with Gasteiger partial charge < -0.3 is 0 Å². The maximum absolute atomic E-state index is 5.79. The molecule has 0 radical (unpaired) electrons. The van der Waals surface area contributed by atoms with Crippen LogP contribution in [0.3, 0.4) is 0 Å².